The molecule has 1 aliphatic heterocycles. The van der Waals surface area contributed by atoms with Crippen LogP contribution < -0.4 is 9.47 Å². The third kappa shape index (κ3) is 7.39. The van der Waals surface area contributed by atoms with E-state index < -0.39 is 5.60 Å². The maximum absolute atomic E-state index is 11.1. The van der Waals surface area contributed by atoms with Crippen molar-refractivity contribution < 1.29 is 14.6 Å². The summed E-state index contributed by atoms with van der Waals surface area (Å²) in [6.45, 7) is 8.51. The Morgan fingerprint density at radius 2 is 1.78 bits per heavy atom. The number of rotatable bonds is 10. The molecule has 4 rings (SSSR count). The summed E-state index contributed by atoms with van der Waals surface area (Å²) >= 11 is 12.0. The van der Waals surface area contributed by atoms with Crippen molar-refractivity contribution in [3.63, 3.8) is 0 Å². The maximum atomic E-state index is 11.1. The van der Waals surface area contributed by atoms with Gasteiger partial charge in [-0.1, -0.05) is 49.2 Å². The molecule has 3 aromatic rings. The van der Waals surface area contributed by atoms with Crippen molar-refractivity contribution in [3.05, 3.63) is 76.3 Å². The smallest absolute Gasteiger partial charge is 0.121 e. The number of aliphatic hydroxyl groups is 1. The topological polar surface area (TPSA) is 59.8 Å². The van der Waals surface area contributed by atoms with Crippen molar-refractivity contribution in [3.8, 4) is 11.5 Å². The highest BCUT2D eigenvalue weighted by atomic mass is 35.5. The van der Waals surface area contributed by atoms with Gasteiger partial charge in [0.2, 0.25) is 0 Å². The average Bonchev–Trinajstić information content (AvgIpc) is 3.25. The van der Waals surface area contributed by atoms with Gasteiger partial charge in [-0.05, 0) is 55.6 Å². The quantitative estimate of drug-likeness (QED) is 0.338. The summed E-state index contributed by atoms with van der Waals surface area (Å²) < 4.78 is 14.0. The highest BCUT2D eigenvalue weighted by Crippen LogP contribution is 2.29. The van der Waals surface area contributed by atoms with E-state index in [0.717, 1.165) is 44.2 Å². The number of imidazole rings is 1. The van der Waals surface area contributed by atoms with Gasteiger partial charge >= 0.3 is 0 Å². The summed E-state index contributed by atoms with van der Waals surface area (Å²) in [5, 5.41) is 12.1. The van der Waals surface area contributed by atoms with Gasteiger partial charge in [-0.2, -0.15) is 0 Å². The van der Waals surface area contributed by atoms with Crippen LogP contribution >= 0.6 is 23.2 Å². The minimum Gasteiger partial charge on any atom is -0.492 e. The van der Waals surface area contributed by atoms with Gasteiger partial charge in [-0.3, -0.25) is 4.90 Å². The maximum Gasteiger partial charge on any atom is 0.121 e. The lowest BCUT2D eigenvalue weighted by Crippen LogP contribution is -2.37. The van der Waals surface area contributed by atoms with Crippen LogP contribution in [0.2, 0.25) is 10.0 Å². The van der Waals surface area contributed by atoms with Crippen LogP contribution in [0.25, 0.3) is 0 Å². The van der Waals surface area contributed by atoms with E-state index in [4.69, 9.17) is 32.7 Å². The van der Waals surface area contributed by atoms with Crippen molar-refractivity contribution in [2.75, 3.05) is 26.3 Å². The van der Waals surface area contributed by atoms with Crippen molar-refractivity contribution in [2.24, 2.45) is 0 Å². The van der Waals surface area contributed by atoms with Gasteiger partial charge in [0.25, 0.3) is 0 Å². The minimum absolute atomic E-state index is 0.239. The molecule has 0 radical (unpaired) electrons. The number of ether oxygens (including phenoxy) is 2. The zero-order valence-electron chi connectivity index (χ0n) is 21.0. The minimum atomic E-state index is -0.858. The summed E-state index contributed by atoms with van der Waals surface area (Å²) in [5.74, 6) is 2.96. The molecule has 1 saturated heterocycles. The van der Waals surface area contributed by atoms with Crippen molar-refractivity contribution in [1.29, 1.82) is 0 Å². The predicted octanol–water partition coefficient (Wildman–Crippen LogP) is 6.19. The first-order chi connectivity index (χ1) is 17.3. The molecule has 194 valence electrons. The number of halogens is 2. The van der Waals surface area contributed by atoms with Crippen LogP contribution in [0.4, 0.5) is 0 Å². The molecule has 1 atom stereocenters. The number of nitrogens with zero attached hydrogens (tertiary/aromatic N) is 3. The monoisotopic (exact) mass is 531 g/mol. The molecule has 36 heavy (non-hydrogen) atoms. The fourth-order valence-electron chi connectivity index (χ4n) is 4.54. The number of hydrogen-bond acceptors (Lipinski definition) is 5. The van der Waals surface area contributed by atoms with Crippen molar-refractivity contribution in [2.45, 2.75) is 57.7 Å². The molecule has 6 nitrogen and oxygen atoms in total. The lowest BCUT2D eigenvalue weighted by molar-refractivity contribution is -0.0168. The molecule has 8 heteroatoms. The largest absolute Gasteiger partial charge is 0.492 e. The molecule has 1 fully saturated rings. The Balaban J connectivity index is 1.22. The molecular formula is C28H35Cl2N3O3. The van der Waals surface area contributed by atoms with Crippen LogP contribution in [-0.2, 0) is 13.1 Å². The second-order valence-electron chi connectivity index (χ2n) is 9.84. The van der Waals surface area contributed by atoms with Gasteiger partial charge in [-0.25, -0.2) is 4.98 Å². The van der Waals surface area contributed by atoms with Crippen molar-refractivity contribution in [1.82, 2.24) is 14.5 Å². The highest BCUT2D eigenvalue weighted by Gasteiger charge is 2.31. The van der Waals surface area contributed by atoms with Gasteiger partial charge in [0.15, 0.2) is 0 Å². The number of likely N-dealkylation sites (tertiary alicyclic amines) is 1. The summed E-state index contributed by atoms with van der Waals surface area (Å²) in [6, 6.07) is 13.5. The van der Waals surface area contributed by atoms with E-state index in [1.54, 1.807) is 18.2 Å². The zero-order chi connectivity index (χ0) is 25.5. The normalized spacial score (nSPS) is 18.8. The molecule has 1 aliphatic rings. The molecule has 1 aromatic heterocycles. The second kappa shape index (κ2) is 12.3. The molecule has 2 aromatic carbocycles. The molecule has 0 aliphatic carbocycles. The van der Waals surface area contributed by atoms with Crippen LogP contribution in [0.5, 0.6) is 11.5 Å². The van der Waals surface area contributed by atoms with Gasteiger partial charge in [0.1, 0.15) is 30.5 Å². The van der Waals surface area contributed by atoms with E-state index in [2.05, 4.69) is 40.4 Å². The van der Waals surface area contributed by atoms with Crippen LogP contribution in [-0.4, -0.2) is 51.5 Å². The Morgan fingerprint density at radius 3 is 2.53 bits per heavy atom. The van der Waals surface area contributed by atoms with Gasteiger partial charge in [0, 0.05) is 37.5 Å². The Morgan fingerprint density at radius 1 is 1.00 bits per heavy atom. The summed E-state index contributed by atoms with van der Waals surface area (Å²) in [4.78, 5) is 6.81. The predicted molar refractivity (Wildman–Crippen MR) is 144 cm³/mol. The Hall–Kier alpha value is -2.25. The van der Waals surface area contributed by atoms with Gasteiger partial charge in [0.05, 0.1) is 22.2 Å². The van der Waals surface area contributed by atoms with Crippen LogP contribution in [0, 0.1) is 0 Å². The summed E-state index contributed by atoms with van der Waals surface area (Å²) in [5.41, 5.74) is 0.375. The molecule has 1 N–H and O–H groups in total. The van der Waals surface area contributed by atoms with Crippen LogP contribution in [0.1, 0.15) is 50.4 Å². The van der Waals surface area contributed by atoms with E-state index in [1.807, 2.05) is 24.5 Å². The Kier molecular flexibility index (Phi) is 9.18. The van der Waals surface area contributed by atoms with Gasteiger partial charge < -0.3 is 19.1 Å². The van der Waals surface area contributed by atoms with Crippen molar-refractivity contribution >= 4 is 23.2 Å². The third-order valence-electron chi connectivity index (χ3n) is 6.60. The lowest BCUT2D eigenvalue weighted by Gasteiger charge is -2.27. The summed E-state index contributed by atoms with van der Waals surface area (Å²) in [6.07, 6.45) is 6.12. The average molecular weight is 533 g/mol. The van der Waals surface area contributed by atoms with E-state index in [9.17, 15) is 5.11 Å². The standard InChI is InChI=1S/C28H35Cl2N3O3/c1-21(2)27-31-12-15-33(27)16-17-35-23-6-4-22(5-7-23)19-32-13-3-10-28(34,11-14-32)20-36-24-8-9-25(29)26(30)18-24/h4-9,12,15,18,21,34H,3,10-11,13-14,16-17,19-20H2,1-2H3/t28-/m0/s1. The zero-order valence-corrected chi connectivity index (χ0v) is 22.5. The van der Waals surface area contributed by atoms with Crippen LogP contribution in [0.15, 0.2) is 54.9 Å². The molecule has 0 unspecified atom stereocenters. The molecule has 0 amide bonds. The number of benzene rings is 2. The van der Waals surface area contributed by atoms with E-state index >= 15 is 0 Å². The Bertz CT molecular complexity index is 1120. The lowest BCUT2D eigenvalue weighted by atomic mass is 9.96. The van der Waals surface area contributed by atoms with E-state index in [0.29, 0.717) is 41.2 Å². The van der Waals surface area contributed by atoms with E-state index in [-0.39, 0.29) is 6.61 Å². The fourth-order valence-corrected chi connectivity index (χ4v) is 4.83. The number of hydrogen-bond donors (Lipinski definition) is 1. The first-order valence-electron chi connectivity index (χ1n) is 12.6. The fraction of sp³-hybridized carbons (Fsp3) is 0.464. The highest BCUT2D eigenvalue weighted by molar-refractivity contribution is 6.42. The molecule has 0 bridgehead atoms. The molecular weight excluding hydrogens is 497 g/mol. The third-order valence-corrected chi connectivity index (χ3v) is 7.34. The van der Waals surface area contributed by atoms with Crippen LogP contribution in [0.3, 0.4) is 0 Å². The molecule has 0 spiro atoms. The molecule has 2 heterocycles. The van der Waals surface area contributed by atoms with E-state index in [1.165, 1.54) is 5.56 Å². The second-order valence-corrected chi connectivity index (χ2v) is 10.7. The first-order valence-corrected chi connectivity index (χ1v) is 13.3. The SMILES string of the molecule is CC(C)c1nccn1CCOc1ccc(CN2CCC[C@@](O)(COc3ccc(Cl)c(Cl)c3)CC2)cc1. The first kappa shape index (κ1) is 26.8. The molecule has 0 saturated carbocycles. The van der Waals surface area contributed by atoms with Gasteiger partial charge in [-0.15, -0.1) is 0 Å². The number of aromatic nitrogens is 2. The summed E-state index contributed by atoms with van der Waals surface area (Å²) in [7, 11) is 0. The Labute approximate surface area is 223 Å².